The van der Waals surface area contributed by atoms with Gasteiger partial charge in [-0.2, -0.15) is 0 Å². The molecule has 1 fully saturated rings. The van der Waals surface area contributed by atoms with Crippen molar-refractivity contribution in [3.8, 4) is 0 Å². The summed E-state index contributed by atoms with van der Waals surface area (Å²) in [6.07, 6.45) is 2.49. The van der Waals surface area contributed by atoms with Gasteiger partial charge in [-0.05, 0) is 24.8 Å². The molecule has 5 heteroatoms. The molecular formula is C12H14N2O3. The molecule has 0 radical (unpaired) electrons. The normalized spacial score (nSPS) is 28.6. The molecule has 0 heterocycles. The van der Waals surface area contributed by atoms with Crippen LogP contribution in [0.3, 0.4) is 0 Å². The smallest absolute Gasteiger partial charge is 0.245 e. The molecule has 2 rings (SSSR count). The Morgan fingerprint density at radius 1 is 1.29 bits per heavy atom. The van der Waals surface area contributed by atoms with Crippen LogP contribution < -0.4 is 0 Å². The third-order valence-corrected chi connectivity index (χ3v) is 3.53. The standard InChI is InChI=1S/C12H14N2O3/c15-13-12(10-6-2-1-3-7-10)9-5-4-8-11(12)14(16)17/h1-3,6-7,11H,4-5,8-9H2/t11-,12-/m0/s1. The highest BCUT2D eigenvalue weighted by atomic mass is 16.6. The van der Waals surface area contributed by atoms with E-state index in [-0.39, 0.29) is 4.92 Å². The van der Waals surface area contributed by atoms with Crippen LogP contribution in [0, 0.1) is 15.0 Å². The molecule has 17 heavy (non-hydrogen) atoms. The summed E-state index contributed by atoms with van der Waals surface area (Å²) >= 11 is 0. The molecule has 1 aliphatic carbocycles. The summed E-state index contributed by atoms with van der Waals surface area (Å²) in [6, 6.07) is 8.01. The molecule has 0 spiro atoms. The maximum atomic E-state index is 11.2. The van der Waals surface area contributed by atoms with Gasteiger partial charge in [0, 0.05) is 11.3 Å². The van der Waals surface area contributed by atoms with Gasteiger partial charge in [-0.1, -0.05) is 35.5 Å². The van der Waals surface area contributed by atoms with Crippen LogP contribution >= 0.6 is 0 Å². The van der Waals surface area contributed by atoms with Gasteiger partial charge in [0.25, 0.3) is 0 Å². The van der Waals surface area contributed by atoms with E-state index in [2.05, 4.69) is 5.18 Å². The van der Waals surface area contributed by atoms with Crippen molar-refractivity contribution in [1.82, 2.24) is 0 Å². The van der Waals surface area contributed by atoms with E-state index in [0.717, 1.165) is 12.8 Å². The number of benzene rings is 1. The topological polar surface area (TPSA) is 72.6 Å². The van der Waals surface area contributed by atoms with Crippen LogP contribution in [0.2, 0.25) is 0 Å². The van der Waals surface area contributed by atoms with Gasteiger partial charge >= 0.3 is 0 Å². The minimum Gasteiger partial charge on any atom is -0.264 e. The fourth-order valence-electron chi connectivity index (χ4n) is 2.64. The fourth-order valence-corrected chi connectivity index (χ4v) is 2.64. The van der Waals surface area contributed by atoms with E-state index in [1.165, 1.54) is 0 Å². The van der Waals surface area contributed by atoms with E-state index < -0.39 is 11.6 Å². The number of nitrogens with zero attached hydrogens (tertiary/aromatic N) is 2. The zero-order valence-electron chi connectivity index (χ0n) is 9.41. The zero-order valence-corrected chi connectivity index (χ0v) is 9.41. The maximum Gasteiger partial charge on any atom is 0.245 e. The summed E-state index contributed by atoms with van der Waals surface area (Å²) in [5.41, 5.74) is -0.514. The first-order valence-corrected chi connectivity index (χ1v) is 5.74. The summed E-state index contributed by atoms with van der Waals surface area (Å²) < 4.78 is 0. The van der Waals surface area contributed by atoms with Crippen molar-refractivity contribution in [2.24, 2.45) is 5.18 Å². The molecule has 1 aromatic rings. The number of nitro groups is 1. The lowest BCUT2D eigenvalue weighted by atomic mass is 9.74. The average molecular weight is 234 g/mol. The number of hydrogen-bond donors (Lipinski definition) is 0. The quantitative estimate of drug-likeness (QED) is 0.458. The lowest BCUT2D eigenvalue weighted by Crippen LogP contribution is -2.45. The number of hydrogen-bond acceptors (Lipinski definition) is 4. The van der Waals surface area contributed by atoms with Gasteiger partial charge in [-0.3, -0.25) is 10.1 Å². The second kappa shape index (κ2) is 4.61. The number of rotatable bonds is 3. The van der Waals surface area contributed by atoms with Crippen LogP contribution in [0.5, 0.6) is 0 Å². The molecule has 0 unspecified atom stereocenters. The largest absolute Gasteiger partial charge is 0.264 e. The third-order valence-electron chi connectivity index (χ3n) is 3.53. The lowest BCUT2D eigenvalue weighted by Gasteiger charge is -2.32. The van der Waals surface area contributed by atoms with Crippen LogP contribution in [0.4, 0.5) is 0 Å². The Morgan fingerprint density at radius 2 is 2.00 bits per heavy atom. The highest BCUT2D eigenvalue weighted by molar-refractivity contribution is 5.27. The molecule has 1 aliphatic rings. The van der Waals surface area contributed by atoms with Gasteiger partial charge in [0.15, 0.2) is 5.54 Å². The molecule has 0 N–H and O–H groups in total. The lowest BCUT2D eigenvalue weighted by molar-refractivity contribution is -0.538. The Hall–Kier alpha value is -1.78. The Balaban J connectivity index is 2.47. The van der Waals surface area contributed by atoms with Crippen molar-refractivity contribution in [2.75, 3.05) is 0 Å². The van der Waals surface area contributed by atoms with Gasteiger partial charge < -0.3 is 0 Å². The molecule has 1 saturated carbocycles. The van der Waals surface area contributed by atoms with Gasteiger partial charge in [0.1, 0.15) is 0 Å². The molecular weight excluding hydrogens is 220 g/mol. The van der Waals surface area contributed by atoms with Crippen molar-refractivity contribution in [3.05, 3.63) is 50.9 Å². The van der Waals surface area contributed by atoms with Crippen LogP contribution in [-0.2, 0) is 5.54 Å². The molecule has 0 saturated heterocycles. The first kappa shape index (κ1) is 11.7. The summed E-state index contributed by atoms with van der Waals surface area (Å²) in [5.74, 6) is 0. The van der Waals surface area contributed by atoms with E-state index in [9.17, 15) is 15.0 Å². The Labute approximate surface area is 99.0 Å². The Morgan fingerprint density at radius 3 is 2.59 bits per heavy atom. The first-order chi connectivity index (χ1) is 8.20. The van der Waals surface area contributed by atoms with Crippen molar-refractivity contribution in [3.63, 3.8) is 0 Å². The van der Waals surface area contributed by atoms with E-state index in [4.69, 9.17) is 0 Å². The molecule has 0 amide bonds. The average Bonchev–Trinajstić information content (AvgIpc) is 2.39. The van der Waals surface area contributed by atoms with Gasteiger partial charge in [0.05, 0.1) is 0 Å². The molecule has 2 atom stereocenters. The summed E-state index contributed by atoms with van der Waals surface area (Å²) in [7, 11) is 0. The SMILES string of the molecule is O=N[C@]1(c2ccccc2)CCCC[C@@H]1[N+](=O)[O-]. The molecule has 0 bridgehead atoms. The van der Waals surface area contributed by atoms with Gasteiger partial charge in [-0.25, -0.2) is 0 Å². The van der Waals surface area contributed by atoms with Crippen LogP contribution in [0.15, 0.2) is 35.5 Å². The van der Waals surface area contributed by atoms with Crippen molar-refractivity contribution in [1.29, 1.82) is 0 Å². The predicted molar refractivity (Wildman–Crippen MR) is 63.2 cm³/mol. The van der Waals surface area contributed by atoms with E-state index >= 15 is 0 Å². The van der Waals surface area contributed by atoms with Crippen LogP contribution in [0.1, 0.15) is 31.2 Å². The van der Waals surface area contributed by atoms with E-state index in [0.29, 0.717) is 18.4 Å². The Bertz CT molecular complexity index is 421. The number of nitroso groups, excluding NO2 is 1. The molecule has 90 valence electrons. The van der Waals surface area contributed by atoms with E-state index in [1.807, 2.05) is 6.07 Å². The Kier molecular flexibility index (Phi) is 3.17. The van der Waals surface area contributed by atoms with E-state index in [1.54, 1.807) is 24.3 Å². The van der Waals surface area contributed by atoms with Gasteiger partial charge in [0.2, 0.25) is 6.04 Å². The summed E-state index contributed by atoms with van der Waals surface area (Å²) in [4.78, 5) is 22.0. The fraction of sp³-hybridized carbons (Fsp3) is 0.500. The molecule has 5 nitrogen and oxygen atoms in total. The first-order valence-electron chi connectivity index (χ1n) is 5.74. The van der Waals surface area contributed by atoms with Crippen molar-refractivity contribution >= 4 is 0 Å². The summed E-state index contributed by atoms with van der Waals surface area (Å²) in [5, 5.41) is 14.3. The summed E-state index contributed by atoms with van der Waals surface area (Å²) in [6.45, 7) is 0. The highest BCUT2D eigenvalue weighted by Gasteiger charge is 2.51. The second-order valence-corrected chi connectivity index (χ2v) is 4.43. The minimum atomic E-state index is -1.18. The zero-order chi connectivity index (χ0) is 12.3. The highest BCUT2D eigenvalue weighted by Crippen LogP contribution is 2.41. The van der Waals surface area contributed by atoms with Gasteiger partial charge in [-0.15, -0.1) is 4.91 Å². The van der Waals surface area contributed by atoms with Crippen LogP contribution in [-0.4, -0.2) is 11.0 Å². The molecule has 0 aliphatic heterocycles. The van der Waals surface area contributed by atoms with Crippen molar-refractivity contribution in [2.45, 2.75) is 37.3 Å². The molecule has 1 aromatic carbocycles. The predicted octanol–water partition coefficient (Wildman–Crippen LogP) is 2.87. The molecule has 0 aromatic heterocycles. The third kappa shape index (κ3) is 1.92. The monoisotopic (exact) mass is 234 g/mol. The maximum absolute atomic E-state index is 11.2. The van der Waals surface area contributed by atoms with Crippen LogP contribution in [0.25, 0.3) is 0 Å². The van der Waals surface area contributed by atoms with Crippen molar-refractivity contribution < 1.29 is 4.92 Å². The minimum absolute atomic E-state index is 0.354. The second-order valence-electron chi connectivity index (χ2n) is 4.43.